The molecule has 4 fully saturated rings. The van der Waals surface area contributed by atoms with E-state index < -0.39 is 0 Å². The van der Waals surface area contributed by atoms with Crippen LogP contribution in [0.25, 0.3) is 0 Å². The molecule has 4 bridgehead atoms. The van der Waals surface area contributed by atoms with Crippen LogP contribution in [0.15, 0.2) is 12.1 Å². The van der Waals surface area contributed by atoms with E-state index >= 15 is 0 Å². The molecule has 2 nitrogen and oxygen atoms in total. The van der Waals surface area contributed by atoms with E-state index in [1.807, 2.05) is 19.9 Å². The first kappa shape index (κ1) is 18.9. The molecular weight excluding hydrogens is 365 g/mol. The molecule has 1 N–H and O–H groups in total. The summed E-state index contributed by atoms with van der Waals surface area (Å²) in [4.78, 5) is 0. The van der Waals surface area contributed by atoms with Crippen molar-refractivity contribution >= 4 is 23.2 Å². The number of benzene rings is 1. The van der Waals surface area contributed by atoms with Crippen molar-refractivity contribution < 1.29 is 4.74 Å². The Kier molecular flexibility index (Phi) is 4.57. The summed E-state index contributed by atoms with van der Waals surface area (Å²) in [6.07, 6.45) is 8.21. The van der Waals surface area contributed by atoms with Gasteiger partial charge in [-0.2, -0.15) is 0 Å². The minimum atomic E-state index is 0.0878. The van der Waals surface area contributed by atoms with Gasteiger partial charge in [0.05, 0.1) is 11.1 Å². The van der Waals surface area contributed by atoms with Crippen LogP contribution in [-0.2, 0) is 6.54 Å². The molecule has 5 rings (SSSR count). The Bertz CT molecular complexity index is 698. The lowest BCUT2D eigenvalue weighted by Crippen LogP contribution is -2.63. The quantitative estimate of drug-likeness (QED) is 0.604. The molecule has 0 spiro atoms. The number of nitrogens with one attached hydrogen (secondary N) is 1. The molecule has 1 aromatic rings. The Morgan fingerprint density at radius 3 is 2.31 bits per heavy atom. The first-order valence-electron chi connectivity index (χ1n) is 9.99. The second-order valence-corrected chi connectivity index (χ2v) is 11.2. The van der Waals surface area contributed by atoms with E-state index in [1.54, 1.807) is 6.07 Å². The van der Waals surface area contributed by atoms with Crippen LogP contribution in [0, 0.1) is 16.7 Å². The number of ether oxygens (including phenoxy) is 1. The Morgan fingerprint density at radius 2 is 1.73 bits per heavy atom. The summed E-state index contributed by atoms with van der Waals surface area (Å²) in [5.74, 6) is 1.66. The molecule has 0 radical (unpaired) electrons. The van der Waals surface area contributed by atoms with Gasteiger partial charge in [-0.1, -0.05) is 37.0 Å². The van der Waals surface area contributed by atoms with Crippen LogP contribution in [0.4, 0.5) is 0 Å². The van der Waals surface area contributed by atoms with E-state index in [0.717, 1.165) is 23.8 Å². The predicted octanol–water partition coefficient (Wildman–Crippen LogP) is 6.62. The number of rotatable bonds is 5. The van der Waals surface area contributed by atoms with Gasteiger partial charge in [0.1, 0.15) is 5.75 Å². The Morgan fingerprint density at radius 1 is 1.08 bits per heavy atom. The number of hydrogen-bond acceptors (Lipinski definition) is 2. The van der Waals surface area contributed by atoms with Gasteiger partial charge in [-0.3, -0.25) is 0 Å². The van der Waals surface area contributed by atoms with Gasteiger partial charge in [0.25, 0.3) is 0 Å². The predicted molar refractivity (Wildman–Crippen MR) is 109 cm³/mol. The minimum Gasteiger partial charge on any atom is -0.489 e. The second kappa shape index (κ2) is 6.29. The molecule has 1 aromatic carbocycles. The Hall–Kier alpha value is -0.440. The van der Waals surface area contributed by atoms with Crippen LogP contribution in [0.3, 0.4) is 0 Å². The van der Waals surface area contributed by atoms with Crippen molar-refractivity contribution in [1.29, 1.82) is 0 Å². The fourth-order valence-corrected chi connectivity index (χ4v) is 7.62. The van der Waals surface area contributed by atoms with E-state index in [2.05, 4.69) is 19.2 Å². The zero-order valence-electron chi connectivity index (χ0n) is 16.4. The van der Waals surface area contributed by atoms with Gasteiger partial charge in [-0.15, -0.1) is 0 Å². The van der Waals surface area contributed by atoms with E-state index in [4.69, 9.17) is 27.9 Å². The summed E-state index contributed by atoms with van der Waals surface area (Å²) in [6, 6.07) is 3.78. The van der Waals surface area contributed by atoms with Gasteiger partial charge in [-0.25, -0.2) is 0 Å². The summed E-state index contributed by atoms with van der Waals surface area (Å²) < 4.78 is 6.01. The summed E-state index contributed by atoms with van der Waals surface area (Å²) in [7, 11) is 0. The van der Waals surface area contributed by atoms with Gasteiger partial charge in [-0.05, 0) is 81.3 Å². The lowest BCUT2D eigenvalue weighted by Gasteiger charge is -2.65. The van der Waals surface area contributed by atoms with Gasteiger partial charge in [0.15, 0.2) is 0 Å². The van der Waals surface area contributed by atoms with Crippen molar-refractivity contribution in [3.05, 3.63) is 27.7 Å². The van der Waals surface area contributed by atoms with Crippen LogP contribution in [0.2, 0.25) is 10.0 Å². The SMILES string of the molecule is CC(C)Oc1c(Cl)cc(Cl)cc1CNC12CC3C[C@@](C)(C1)C[C@](C)(C3)C2. The molecule has 2 unspecified atom stereocenters. The van der Waals surface area contributed by atoms with Crippen LogP contribution in [0.1, 0.15) is 71.8 Å². The van der Waals surface area contributed by atoms with Gasteiger partial charge >= 0.3 is 0 Å². The normalized spacial score (nSPS) is 38.2. The molecule has 0 heterocycles. The van der Waals surface area contributed by atoms with E-state index in [1.165, 1.54) is 38.5 Å². The standard InChI is InChI=1S/C22H31Cl2NO/c1-14(2)26-19-16(5-17(23)6-18(19)24)10-25-22-9-15-7-20(3,12-22)11-21(4,8-15)13-22/h5-6,14-15,25H,7-13H2,1-4H3/t15?,20-,21+,22?. The largest absolute Gasteiger partial charge is 0.489 e. The first-order chi connectivity index (χ1) is 12.1. The van der Waals surface area contributed by atoms with Gasteiger partial charge < -0.3 is 10.1 Å². The molecule has 0 aromatic heterocycles. The summed E-state index contributed by atoms with van der Waals surface area (Å²) >= 11 is 12.7. The van der Waals surface area contributed by atoms with Crippen LogP contribution in [0.5, 0.6) is 5.75 Å². The van der Waals surface area contributed by atoms with Crippen molar-refractivity contribution in [3.8, 4) is 5.75 Å². The van der Waals surface area contributed by atoms with Crippen molar-refractivity contribution in [2.45, 2.75) is 84.4 Å². The highest BCUT2D eigenvalue weighted by Crippen LogP contribution is 2.66. The smallest absolute Gasteiger partial charge is 0.142 e. The fourth-order valence-electron chi connectivity index (χ4n) is 7.04. The molecule has 0 amide bonds. The maximum Gasteiger partial charge on any atom is 0.142 e. The van der Waals surface area contributed by atoms with Crippen molar-refractivity contribution in [2.75, 3.05) is 0 Å². The van der Waals surface area contributed by atoms with Crippen molar-refractivity contribution in [2.24, 2.45) is 16.7 Å². The number of hydrogen-bond donors (Lipinski definition) is 1. The molecule has 4 atom stereocenters. The fraction of sp³-hybridized carbons (Fsp3) is 0.727. The highest BCUT2D eigenvalue weighted by atomic mass is 35.5. The lowest BCUT2D eigenvalue weighted by atomic mass is 9.43. The highest BCUT2D eigenvalue weighted by Gasteiger charge is 2.59. The third-order valence-electron chi connectivity index (χ3n) is 6.72. The molecular formula is C22H31Cl2NO. The Balaban J connectivity index is 1.58. The average molecular weight is 396 g/mol. The summed E-state index contributed by atoms with van der Waals surface area (Å²) in [6.45, 7) is 9.85. The first-order valence-corrected chi connectivity index (χ1v) is 10.7. The third-order valence-corrected chi connectivity index (χ3v) is 7.22. The number of halogens is 2. The monoisotopic (exact) mass is 395 g/mol. The zero-order valence-corrected chi connectivity index (χ0v) is 17.9. The van der Waals surface area contributed by atoms with Crippen LogP contribution < -0.4 is 10.1 Å². The third kappa shape index (κ3) is 3.50. The van der Waals surface area contributed by atoms with E-state index in [0.29, 0.717) is 20.9 Å². The van der Waals surface area contributed by atoms with E-state index in [9.17, 15) is 0 Å². The lowest BCUT2D eigenvalue weighted by molar-refractivity contribution is -0.118. The highest BCUT2D eigenvalue weighted by molar-refractivity contribution is 6.35. The molecule has 4 saturated carbocycles. The van der Waals surface area contributed by atoms with Gasteiger partial charge in [0, 0.05) is 22.7 Å². The van der Waals surface area contributed by atoms with Crippen molar-refractivity contribution in [1.82, 2.24) is 5.32 Å². The summed E-state index contributed by atoms with van der Waals surface area (Å²) in [5, 5.41) is 5.24. The van der Waals surface area contributed by atoms with E-state index in [-0.39, 0.29) is 11.6 Å². The maximum atomic E-state index is 6.44. The zero-order chi connectivity index (χ0) is 18.7. The van der Waals surface area contributed by atoms with Crippen LogP contribution >= 0.6 is 23.2 Å². The topological polar surface area (TPSA) is 21.3 Å². The molecule has 4 aliphatic rings. The van der Waals surface area contributed by atoms with Crippen LogP contribution in [-0.4, -0.2) is 11.6 Å². The molecule has 0 saturated heterocycles. The average Bonchev–Trinajstić information content (AvgIpc) is 2.44. The van der Waals surface area contributed by atoms with Crippen molar-refractivity contribution in [3.63, 3.8) is 0 Å². The molecule has 144 valence electrons. The molecule has 4 heteroatoms. The molecule has 4 aliphatic carbocycles. The Labute approximate surface area is 168 Å². The van der Waals surface area contributed by atoms with Gasteiger partial charge in [0.2, 0.25) is 0 Å². The minimum absolute atomic E-state index is 0.0878. The molecule has 26 heavy (non-hydrogen) atoms. The maximum absolute atomic E-state index is 6.44. The molecule has 0 aliphatic heterocycles. The second-order valence-electron chi connectivity index (χ2n) is 10.3. The summed E-state index contributed by atoms with van der Waals surface area (Å²) in [5.41, 5.74) is 2.34.